The Kier molecular flexibility index (Phi) is 4.76. The number of pyridine rings is 1. The number of ether oxygens (including phenoxy) is 2. The molecule has 1 aliphatic heterocycles. The molecule has 1 aromatic rings. The monoisotopic (exact) mass is 356 g/mol. The van der Waals surface area contributed by atoms with Crippen molar-refractivity contribution in [2.24, 2.45) is 5.92 Å². The molecule has 2 rings (SSSR count). The van der Waals surface area contributed by atoms with Crippen LogP contribution in [0, 0.1) is 12.8 Å². The number of rotatable bonds is 3. The minimum atomic E-state index is -0.447. The van der Waals surface area contributed by atoms with Crippen LogP contribution in [0.2, 0.25) is 0 Å². The fourth-order valence-corrected chi connectivity index (χ4v) is 2.16. The smallest absolute Gasteiger partial charge is 0.410 e. The Hall–Kier alpha value is -1.30. The van der Waals surface area contributed by atoms with Gasteiger partial charge in [0, 0.05) is 35.7 Å². The normalized spacial score (nSPS) is 15.6. The maximum Gasteiger partial charge on any atom is 0.410 e. The van der Waals surface area contributed by atoms with E-state index >= 15 is 0 Å². The highest BCUT2D eigenvalue weighted by Crippen LogP contribution is 2.22. The highest BCUT2D eigenvalue weighted by Gasteiger charge is 2.34. The van der Waals surface area contributed by atoms with E-state index in [0.717, 1.165) is 10.0 Å². The van der Waals surface area contributed by atoms with Crippen molar-refractivity contribution < 1.29 is 14.3 Å². The first-order chi connectivity index (χ1) is 9.74. The molecular formula is C15H21BrN2O3. The van der Waals surface area contributed by atoms with Crippen LogP contribution in [-0.2, 0) is 4.74 Å². The number of amides is 1. The summed E-state index contributed by atoms with van der Waals surface area (Å²) in [6.07, 6.45) is 1.48. The summed E-state index contributed by atoms with van der Waals surface area (Å²) in [7, 11) is 0. The van der Waals surface area contributed by atoms with E-state index in [0.29, 0.717) is 31.5 Å². The van der Waals surface area contributed by atoms with Crippen LogP contribution in [0.4, 0.5) is 4.79 Å². The molecule has 1 amide bonds. The number of nitrogens with zero attached hydrogens (tertiary/aromatic N) is 2. The Morgan fingerprint density at radius 2 is 2.14 bits per heavy atom. The Balaban J connectivity index is 1.73. The van der Waals surface area contributed by atoms with Crippen LogP contribution in [0.25, 0.3) is 0 Å². The summed E-state index contributed by atoms with van der Waals surface area (Å²) in [6, 6.07) is 1.90. The molecule has 21 heavy (non-hydrogen) atoms. The van der Waals surface area contributed by atoms with Crippen molar-refractivity contribution in [3.8, 4) is 5.88 Å². The molecule has 0 bridgehead atoms. The quantitative estimate of drug-likeness (QED) is 0.832. The zero-order valence-electron chi connectivity index (χ0n) is 12.9. The number of carbonyl (C=O) groups excluding carboxylic acids is 1. The van der Waals surface area contributed by atoms with Crippen LogP contribution in [0.5, 0.6) is 5.88 Å². The van der Waals surface area contributed by atoms with Crippen molar-refractivity contribution in [1.29, 1.82) is 0 Å². The van der Waals surface area contributed by atoms with Crippen molar-refractivity contribution in [2.45, 2.75) is 33.3 Å². The van der Waals surface area contributed by atoms with Gasteiger partial charge in [-0.3, -0.25) is 0 Å². The Bertz CT molecular complexity index is 522. The molecule has 0 saturated carbocycles. The number of aromatic nitrogens is 1. The van der Waals surface area contributed by atoms with Gasteiger partial charge in [0.25, 0.3) is 0 Å². The van der Waals surface area contributed by atoms with E-state index in [-0.39, 0.29) is 6.09 Å². The van der Waals surface area contributed by atoms with Gasteiger partial charge in [-0.2, -0.15) is 0 Å². The second-order valence-electron chi connectivity index (χ2n) is 6.33. The van der Waals surface area contributed by atoms with E-state index in [2.05, 4.69) is 20.9 Å². The fraction of sp³-hybridized carbons (Fsp3) is 0.600. The average molecular weight is 357 g/mol. The van der Waals surface area contributed by atoms with Gasteiger partial charge < -0.3 is 14.4 Å². The van der Waals surface area contributed by atoms with Crippen molar-refractivity contribution in [3.05, 3.63) is 22.3 Å². The third-order valence-electron chi connectivity index (χ3n) is 3.10. The van der Waals surface area contributed by atoms with Gasteiger partial charge >= 0.3 is 6.09 Å². The summed E-state index contributed by atoms with van der Waals surface area (Å²) in [5, 5.41) is 0. The highest BCUT2D eigenvalue weighted by molar-refractivity contribution is 9.10. The van der Waals surface area contributed by atoms with Crippen LogP contribution in [0.15, 0.2) is 16.7 Å². The third-order valence-corrected chi connectivity index (χ3v) is 3.93. The summed E-state index contributed by atoms with van der Waals surface area (Å²) >= 11 is 3.41. The Labute approximate surface area is 133 Å². The van der Waals surface area contributed by atoms with Crippen molar-refractivity contribution in [3.63, 3.8) is 0 Å². The number of likely N-dealkylation sites (tertiary alicyclic amines) is 1. The average Bonchev–Trinajstić information content (AvgIpc) is 2.29. The van der Waals surface area contributed by atoms with Gasteiger partial charge in [0.2, 0.25) is 5.88 Å². The lowest BCUT2D eigenvalue weighted by atomic mass is 10.0. The number of carbonyl (C=O) groups is 1. The van der Waals surface area contributed by atoms with Gasteiger partial charge in [0.05, 0.1) is 6.61 Å². The molecule has 0 spiro atoms. The second kappa shape index (κ2) is 6.22. The maximum atomic E-state index is 11.8. The molecule has 1 saturated heterocycles. The molecule has 6 heteroatoms. The summed E-state index contributed by atoms with van der Waals surface area (Å²) in [4.78, 5) is 17.7. The van der Waals surface area contributed by atoms with Crippen molar-refractivity contribution in [2.75, 3.05) is 19.7 Å². The minimum Gasteiger partial charge on any atom is -0.477 e. The first-order valence-electron chi connectivity index (χ1n) is 6.97. The van der Waals surface area contributed by atoms with Crippen LogP contribution in [0.3, 0.4) is 0 Å². The van der Waals surface area contributed by atoms with Gasteiger partial charge in [-0.25, -0.2) is 9.78 Å². The van der Waals surface area contributed by atoms with E-state index in [4.69, 9.17) is 9.47 Å². The molecule has 116 valence electrons. The summed E-state index contributed by atoms with van der Waals surface area (Å²) < 4.78 is 11.9. The van der Waals surface area contributed by atoms with Gasteiger partial charge in [-0.05, 0) is 49.2 Å². The molecule has 0 aliphatic carbocycles. The SMILES string of the molecule is Cc1cc(OCC2CN(C(=O)OC(C)(C)C)C2)ncc1Br. The molecule has 0 unspecified atom stereocenters. The van der Waals surface area contributed by atoms with Crippen molar-refractivity contribution in [1.82, 2.24) is 9.88 Å². The van der Waals surface area contributed by atoms with E-state index in [9.17, 15) is 4.79 Å². The molecule has 2 heterocycles. The second-order valence-corrected chi connectivity index (χ2v) is 7.19. The van der Waals surface area contributed by atoms with Crippen molar-refractivity contribution >= 4 is 22.0 Å². The van der Waals surface area contributed by atoms with E-state index < -0.39 is 5.60 Å². The molecule has 5 nitrogen and oxygen atoms in total. The summed E-state index contributed by atoms with van der Waals surface area (Å²) in [5.74, 6) is 0.953. The predicted octanol–water partition coefficient (Wildman–Crippen LogP) is 3.40. The zero-order chi connectivity index (χ0) is 15.6. The summed E-state index contributed by atoms with van der Waals surface area (Å²) in [5.41, 5.74) is 0.640. The maximum absolute atomic E-state index is 11.8. The van der Waals surface area contributed by atoms with Gasteiger partial charge in [0.1, 0.15) is 5.60 Å². The number of halogens is 1. The minimum absolute atomic E-state index is 0.253. The van der Waals surface area contributed by atoms with E-state index in [1.165, 1.54) is 0 Å². The lowest BCUT2D eigenvalue weighted by Crippen LogP contribution is -2.53. The van der Waals surface area contributed by atoms with Gasteiger partial charge in [0.15, 0.2) is 0 Å². The topological polar surface area (TPSA) is 51.7 Å². The highest BCUT2D eigenvalue weighted by atomic mass is 79.9. The zero-order valence-corrected chi connectivity index (χ0v) is 14.4. The first kappa shape index (κ1) is 16.1. The molecule has 0 atom stereocenters. The summed E-state index contributed by atoms with van der Waals surface area (Å²) in [6.45, 7) is 9.50. The Morgan fingerprint density at radius 1 is 1.48 bits per heavy atom. The molecule has 0 aromatic carbocycles. The predicted molar refractivity (Wildman–Crippen MR) is 83.5 cm³/mol. The third kappa shape index (κ3) is 4.59. The molecule has 1 aromatic heterocycles. The molecule has 1 aliphatic rings. The number of hydrogen-bond acceptors (Lipinski definition) is 4. The van der Waals surface area contributed by atoms with Gasteiger partial charge in [-0.15, -0.1) is 0 Å². The fourth-order valence-electron chi connectivity index (χ4n) is 1.95. The van der Waals surface area contributed by atoms with Gasteiger partial charge in [-0.1, -0.05) is 0 Å². The molecular weight excluding hydrogens is 336 g/mol. The number of aryl methyl sites for hydroxylation is 1. The Morgan fingerprint density at radius 3 is 2.71 bits per heavy atom. The lowest BCUT2D eigenvalue weighted by Gasteiger charge is -2.39. The van der Waals surface area contributed by atoms with Crippen LogP contribution < -0.4 is 4.74 Å². The molecule has 0 radical (unpaired) electrons. The number of hydrogen-bond donors (Lipinski definition) is 0. The molecule has 0 N–H and O–H groups in total. The molecule has 1 fully saturated rings. The van der Waals surface area contributed by atoms with Crippen LogP contribution in [-0.4, -0.2) is 41.3 Å². The van der Waals surface area contributed by atoms with E-state index in [1.807, 2.05) is 33.8 Å². The van der Waals surface area contributed by atoms with Crippen LogP contribution in [0.1, 0.15) is 26.3 Å². The van der Waals surface area contributed by atoms with E-state index in [1.54, 1.807) is 11.1 Å². The largest absolute Gasteiger partial charge is 0.477 e. The lowest BCUT2D eigenvalue weighted by molar-refractivity contribution is -0.00807. The first-order valence-corrected chi connectivity index (χ1v) is 7.77. The standard InChI is InChI=1S/C15H21BrN2O3/c1-10-5-13(17-6-12(10)16)20-9-11-7-18(8-11)14(19)21-15(2,3)4/h5-6,11H,7-9H2,1-4H3. The van der Waals surface area contributed by atoms with Crippen LogP contribution >= 0.6 is 15.9 Å².